The zero-order valence-corrected chi connectivity index (χ0v) is 8.53. The molecular weight excluding hydrogens is 281 g/mol. The molecule has 0 saturated carbocycles. The molecule has 0 aliphatic heterocycles. The van der Waals surface area contributed by atoms with Gasteiger partial charge < -0.3 is 28.0 Å². The van der Waals surface area contributed by atoms with E-state index in [2.05, 4.69) is 0 Å². The lowest BCUT2D eigenvalue weighted by molar-refractivity contribution is -1.63. The standard InChI is InChI=1S/3ClHO3.P/c3*2-1(3)4;/h3*2H;. The smallest absolute Gasteiger partial charge is 0.282 e. The van der Waals surface area contributed by atoms with Gasteiger partial charge in [-0.3, -0.25) is 0 Å². The zero-order valence-electron chi connectivity index (χ0n) is 5.37. The highest BCUT2D eigenvalue weighted by atomic mass is 35.6. The van der Waals surface area contributed by atoms with Crippen molar-refractivity contribution in [2.24, 2.45) is 0 Å². The maximum absolute atomic E-state index is 8.52. The Labute approximate surface area is 84.7 Å². The molecule has 0 spiro atoms. The van der Waals surface area contributed by atoms with Crippen molar-refractivity contribution in [2.75, 3.05) is 0 Å². The highest BCUT2D eigenvalue weighted by Crippen LogP contribution is 1.39. The van der Waals surface area contributed by atoms with Crippen molar-refractivity contribution >= 4 is 9.90 Å². The summed E-state index contributed by atoms with van der Waals surface area (Å²) in [5.74, 6) is 0. The molecule has 0 saturated heterocycles. The van der Waals surface area contributed by atoms with Crippen molar-refractivity contribution in [3.63, 3.8) is 0 Å². The molecule has 9 nitrogen and oxygen atoms in total. The molecule has 0 atom stereocenters. The van der Waals surface area contributed by atoms with Gasteiger partial charge in [-0.1, -0.05) is 0 Å². The predicted octanol–water partition coefficient (Wildman–Crippen LogP) is -7.94. The van der Waals surface area contributed by atoms with Crippen LogP contribution in [0.25, 0.3) is 0 Å². The second kappa shape index (κ2) is 18.7. The average molecular weight is 284 g/mol. The van der Waals surface area contributed by atoms with Gasteiger partial charge in [0.1, 0.15) is 0 Å². The van der Waals surface area contributed by atoms with E-state index in [0.717, 1.165) is 0 Å². The zero-order chi connectivity index (χ0) is 10.7. The van der Waals surface area contributed by atoms with E-state index in [4.69, 9.17) is 41.9 Å². The third-order valence-corrected chi connectivity index (χ3v) is 0. The highest BCUT2D eigenvalue weighted by Gasteiger charge is 1.80. The molecule has 3 radical (unpaired) electrons. The summed E-state index contributed by atoms with van der Waals surface area (Å²) in [6.45, 7) is 0. The van der Waals surface area contributed by atoms with E-state index in [1.165, 1.54) is 0 Å². The fraction of sp³-hybridized carbons (Fsp3) is 0. The predicted molar refractivity (Wildman–Crippen MR) is 13.6 cm³/mol. The summed E-state index contributed by atoms with van der Waals surface area (Å²) >= 11 is 0. The SMILES string of the molecule is [O-][Cl+2]([O-])O.[O-][Cl+2]([O-])O.[O-][Cl+2]([O-])O.[P]. The van der Waals surface area contributed by atoms with Crippen LogP contribution in [0, 0.1) is 32.4 Å². The maximum Gasteiger partial charge on any atom is 0.282 e. The first-order valence-corrected chi connectivity index (χ1v) is 4.30. The van der Waals surface area contributed by atoms with Crippen molar-refractivity contribution in [3.05, 3.63) is 0 Å². The maximum atomic E-state index is 8.52. The van der Waals surface area contributed by atoms with Gasteiger partial charge in [-0.2, -0.15) is 0 Å². The summed E-state index contributed by atoms with van der Waals surface area (Å²) in [4.78, 5) is 0. The van der Waals surface area contributed by atoms with Crippen LogP contribution in [0.2, 0.25) is 0 Å². The van der Waals surface area contributed by atoms with E-state index < -0.39 is 32.4 Å². The van der Waals surface area contributed by atoms with Crippen molar-refractivity contribution in [3.8, 4) is 0 Å². The second-order valence-electron chi connectivity index (χ2n) is 0.603. The molecule has 0 aromatic carbocycles. The second-order valence-corrected chi connectivity index (χ2v) is 1.81. The Bertz CT molecular complexity index is 43.4. The van der Waals surface area contributed by atoms with Crippen molar-refractivity contribution in [1.29, 1.82) is 0 Å². The summed E-state index contributed by atoms with van der Waals surface area (Å²) in [5.41, 5.74) is 0. The molecule has 0 heterocycles. The molecule has 0 rings (SSSR count). The van der Waals surface area contributed by atoms with Crippen LogP contribution in [-0.2, 0) is 0 Å². The van der Waals surface area contributed by atoms with Crippen LogP contribution in [-0.4, -0.2) is 14.0 Å². The first kappa shape index (κ1) is 23.6. The minimum atomic E-state index is -2.60. The van der Waals surface area contributed by atoms with Crippen LogP contribution in [0.15, 0.2) is 0 Å². The summed E-state index contributed by atoms with van der Waals surface area (Å²) in [7, 11) is -7.81. The van der Waals surface area contributed by atoms with Gasteiger partial charge in [0.05, 0.1) is 0 Å². The van der Waals surface area contributed by atoms with E-state index in [1.54, 1.807) is 0 Å². The largest absolute Gasteiger partial charge is 0.321 e. The lowest BCUT2D eigenvalue weighted by Gasteiger charge is -1.72. The Morgan fingerprint density at radius 2 is 0.538 bits per heavy atom. The quantitative estimate of drug-likeness (QED) is 0.361. The van der Waals surface area contributed by atoms with Gasteiger partial charge in [0, 0.05) is 23.9 Å². The van der Waals surface area contributed by atoms with Gasteiger partial charge in [-0.25, -0.2) is 0 Å². The van der Waals surface area contributed by atoms with Crippen molar-refractivity contribution < 1.29 is 74.3 Å². The van der Waals surface area contributed by atoms with Crippen molar-refractivity contribution in [2.45, 2.75) is 0 Å². The molecule has 0 bridgehead atoms. The van der Waals surface area contributed by atoms with Crippen LogP contribution in [0.5, 0.6) is 0 Å². The van der Waals surface area contributed by atoms with E-state index in [9.17, 15) is 0 Å². The molecular formula is H3Cl3O9P. The number of hydrogen-bond acceptors (Lipinski definition) is 9. The third kappa shape index (κ3) is 1750. The number of hydrogen-bond donors (Lipinski definition) is 3. The fourth-order valence-corrected chi connectivity index (χ4v) is 0. The first-order chi connectivity index (χ1) is 5.20. The molecule has 83 valence electrons. The van der Waals surface area contributed by atoms with Gasteiger partial charge in [-0.05, 0) is 0 Å². The first-order valence-electron chi connectivity index (χ1n) is 1.43. The Morgan fingerprint density at radius 1 is 0.538 bits per heavy atom. The van der Waals surface area contributed by atoms with Gasteiger partial charge >= 0.3 is 0 Å². The molecule has 0 aromatic heterocycles. The third-order valence-electron chi connectivity index (χ3n) is 0. The lowest BCUT2D eigenvalue weighted by atomic mass is 15.8. The average Bonchev–Trinajstić information content (AvgIpc) is 1.54. The molecule has 3 N–H and O–H groups in total. The number of halogens is 3. The Morgan fingerprint density at radius 3 is 0.538 bits per heavy atom. The van der Waals surface area contributed by atoms with Crippen LogP contribution < -0.4 is 28.0 Å². The summed E-state index contributed by atoms with van der Waals surface area (Å²) < 4.78 is 71.9. The van der Waals surface area contributed by atoms with Gasteiger partial charge in [-0.15, -0.1) is 0 Å². The molecule has 0 unspecified atom stereocenters. The lowest BCUT2D eigenvalue weighted by Crippen LogP contribution is -2.30. The summed E-state index contributed by atoms with van der Waals surface area (Å²) in [6.07, 6.45) is 0. The van der Waals surface area contributed by atoms with Gasteiger partial charge in [0.15, 0.2) is 0 Å². The van der Waals surface area contributed by atoms with E-state index in [0.29, 0.717) is 0 Å². The van der Waals surface area contributed by atoms with E-state index in [1.807, 2.05) is 0 Å². The number of rotatable bonds is 0. The molecule has 13 heteroatoms. The summed E-state index contributed by atoms with van der Waals surface area (Å²) in [5, 5.41) is 0. The summed E-state index contributed by atoms with van der Waals surface area (Å²) in [6, 6.07) is 0. The van der Waals surface area contributed by atoms with Crippen LogP contribution in [0.1, 0.15) is 0 Å². The molecule has 0 fully saturated rings. The molecule has 0 aliphatic rings. The van der Waals surface area contributed by atoms with E-state index in [-0.39, 0.29) is 9.90 Å². The Hall–Kier alpha value is 0.940. The van der Waals surface area contributed by atoms with Gasteiger partial charge in [0.25, 0.3) is 32.4 Å². The van der Waals surface area contributed by atoms with Crippen LogP contribution in [0.3, 0.4) is 0 Å². The van der Waals surface area contributed by atoms with Gasteiger partial charge in [0.2, 0.25) is 0 Å². The van der Waals surface area contributed by atoms with Crippen LogP contribution >= 0.6 is 9.90 Å². The Balaban J connectivity index is -0.0000000450. The fourth-order valence-electron chi connectivity index (χ4n) is 0. The molecule has 0 aromatic rings. The minimum absolute atomic E-state index is 0. The van der Waals surface area contributed by atoms with E-state index >= 15 is 0 Å². The molecule has 0 aliphatic carbocycles. The van der Waals surface area contributed by atoms with Crippen molar-refractivity contribution in [1.82, 2.24) is 0 Å². The molecule has 0 amide bonds. The molecule has 13 heavy (non-hydrogen) atoms. The Kier molecular flexibility index (Phi) is 33.9. The topological polar surface area (TPSA) is 199 Å². The monoisotopic (exact) mass is 283 g/mol. The normalized spacial score (nSPS) is 8.31. The van der Waals surface area contributed by atoms with Crippen LogP contribution in [0.4, 0.5) is 0 Å². The minimum Gasteiger partial charge on any atom is -0.321 e. The highest BCUT2D eigenvalue weighted by molar-refractivity contribution is 6.92.